The van der Waals surface area contributed by atoms with E-state index in [1.807, 2.05) is 0 Å². The van der Waals surface area contributed by atoms with Gasteiger partial charge in [0.2, 0.25) is 0 Å². The molecule has 413 valence electrons. The molecule has 0 heterocycles. The second kappa shape index (κ2) is 39.1. The third kappa shape index (κ3) is 26.0. The molecule has 0 saturated heterocycles. The first kappa shape index (κ1) is 70.6. The molecule has 0 spiro atoms. The Bertz CT molecular complexity index is 2620. The van der Waals surface area contributed by atoms with Crippen LogP contribution in [0, 0.1) is 70.3 Å². The number of aliphatic hydroxyl groups is 2. The van der Waals surface area contributed by atoms with E-state index in [4.69, 9.17) is 10.2 Å². The van der Waals surface area contributed by atoms with E-state index >= 15 is 0 Å². The topological polar surface area (TPSA) is 40.5 Å². The number of aliphatic hydroxyl groups excluding tert-OH is 2. The summed E-state index contributed by atoms with van der Waals surface area (Å²) in [7, 11) is -0.335. The molecule has 0 amide bonds. The number of benzene rings is 9. The summed E-state index contributed by atoms with van der Waals surface area (Å²) in [5.41, 5.74) is 0. The van der Waals surface area contributed by atoms with Gasteiger partial charge in [-0.25, -0.2) is 26.3 Å². The van der Waals surface area contributed by atoms with Gasteiger partial charge in [0, 0.05) is 43.4 Å². The van der Waals surface area contributed by atoms with Crippen LogP contribution < -0.4 is 37.1 Å². The molecule has 9 aromatic carbocycles. The minimum absolute atomic E-state index is 0. The van der Waals surface area contributed by atoms with Gasteiger partial charge in [-0.05, 0) is 105 Å². The van der Waals surface area contributed by atoms with Crippen molar-refractivity contribution in [2.24, 2.45) is 0 Å². The zero-order valence-corrected chi connectivity index (χ0v) is 50.2. The zero-order valence-electron chi connectivity index (χ0n) is 40.8. The zero-order chi connectivity index (χ0) is 53.8. The standard InChI is InChI=1S/C18H15P.2C12H11P.2C6F5.C5H12O2.Ag.2Pt/c1-4-10-16(11-5-1)19(17-12-6-2-7-13-17)18-14-8-3-9-15-18;2*1-3-7-11(8-4-1)13-12-9-5-2-6-10-12;2*7-2-1-3(8)5(10)6(11)4(2)9;1-4(6)3-5(2)7;;;/h1-15H;2*1-10,13H;;;4-7H,3H2,1-2H3;;;/q;;;2*-1;;;;+2/p+3. The van der Waals surface area contributed by atoms with Crippen LogP contribution >= 0.6 is 25.1 Å². The first-order chi connectivity index (χ1) is 35.5. The average Bonchev–Trinajstić information content (AvgIpc) is 3.41. The van der Waals surface area contributed by atoms with Gasteiger partial charge in [-0.15, -0.1) is 12.1 Å². The van der Waals surface area contributed by atoms with E-state index in [0.717, 1.165) is 12.1 Å². The maximum absolute atomic E-state index is 12.0. The van der Waals surface area contributed by atoms with Gasteiger partial charge in [0.05, 0.1) is 117 Å². The molecule has 9 rings (SSSR count). The largest absolute Gasteiger partial charge is 2.00 e. The van der Waals surface area contributed by atoms with Crippen molar-refractivity contribution in [1.82, 2.24) is 0 Å². The van der Waals surface area contributed by atoms with Gasteiger partial charge in [-0.2, -0.15) is 0 Å². The second-order valence-electron chi connectivity index (χ2n) is 15.7. The van der Waals surface area contributed by atoms with E-state index in [0.29, 0.717) is 6.42 Å². The minimum atomic E-state index is -2.17. The maximum atomic E-state index is 12.0. The monoisotopic (exact) mass is 1570 g/mol. The van der Waals surface area contributed by atoms with Crippen LogP contribution in [0.4, 0.5) is 43.9 Å². The predicted molar refractivity (Wildman–Crippen MR) is 288 cm³/mol. The fourth-order valence-corrected chi connectivity index (χ4v) is 11.4. The molecule has 0 aliphatic carbocycles. The van der Waals surface area contributed by atoms with Gasteiger partial charge in [0.1, 0.15) is 15.9 Å². The molecule has 0 fully saturated rings. The number of rotatable bonds is 9. The van der Waals surface area contributed by atoms with Crippen molar-refractivity contribution < 1.29 is 119 Å². The van der Waals surface area contributed by atoms with Crippen LogP contribution in [-0.2, 0) is 64.5 Å². The third-order valence-corrected chi connectivity index (χ3v) is 15.3. The minimum Gasteiger partial charge on any atom is -0.393 e. The second-order valence-corrected chi connectivity index (χ2v) is 21.5. The third-order valence-electron chi connectivity index (χ3n) is 9.72. The van der Waals surface area contributed by atoms with Gasteiger partial charge in [-0.1, -0.05) is 127 Å². The SMILES string of the molecule is CC(O)CC(C)O.Fc1[c-]c(F)c(F)c(F)c1F.Fc1[c-]c(F)c(F)c(F)c1F.[Ag].[Pt+2].[Pt].c1ccc([PH+](c2ccccc2)c2ccccc2)cc1.c1ccc([PH2+]c2ccccc2)cc1.c1ccc([PH2+]c2ccccc2)cc1. The average molecular weight is 1570 g/mol. The van der Waals surface area contributed by atoms with E-state index < -0.39 is 66.1 Å². The summed E-state index contributed by atoms with van der Waals surface area (Å²) >= 11 is 0. The summed E-state index contributed by atoms with van der Waals surface area (Å²) in [4.78, 5) is 0. The molecule has 0 aromatic heterocycles. The molecule has 1 radical (unpaired) electrons. The Hall–Kier alpha value is -4.39. The van der Waals surface area contributed by atoms with Gasteiger partial charge in [0.15, 0.2) is 0 Å². The molecule has 0 aliphatic heterocycles. The van der Waals surface area contributed by atoms with Crippen LogP contribution in [0.1, 0.15) is 20.3 Å². The van der Waals surface area contributed by atoms with Crippen molar-refractivity contribution in [2.45, 2.75) is 32.5 Å². The van der Waals surface area contributed by atoms with Crippen LogP contribution in [0.15, 0.2) is 212 Å². The van der Waals surface area contributed by atoms with Crippen LogP contribution in [0.25, 0.3) is 0 Å². The smallest absolute Gasteiger partial charge is 0.393 e. The number of hydrogen-bond donors (Lipinski definition) is 2. The van der Waals surface area contributed by atoms with Gasteiger partial charge >= 0.3 is 21.1 Å². The quantitative estimate of drug-likeness (QED) is 0.0378. The molecular weight excluding hydrogens is 1520 g/mol. The van der Waals surface area contributed by atoms with Crippen molar-refractivity contribution in [2.75, 3.05) is 0 Å². The molecule has 0 saturated carbocycles. The normalized spacial score (nSPS) is 10.6. The fourth-order valence-electron chi connectivity index (χ4n) is 6.38. The van der Waals surface area contributed by atoms with Crippen molar-refractivity contribution >= 4 is 62.2 Å². The Balaban J connectivity index is 0.000000469. The van der Waals surface area contributed by atoms with Crippen molar-refractivity contribution in [3.8, 4) is 0 Å². The Morgan fingerprint density at radius 3 is 0.701 bits per heavy atom. The molecule has 18 heteroatoms. The first-order valence-electron chi connectivity index (χ1n) is 22.7. The summed E-state index contributed by atoms with van der Waals surface area (Å²) in [6.45, 7) is 3.32. The summed E-state index contributed by atoms with van der Waals surface area (Å²) in [6, 6.07) is 77.2. The van der Waals surface area contributed by atoms with Crippen LogP contribution in [0.2, 0.25) is 0 Å². The molecule has 0 bridgehead atoms. The summed E-state index contributed by atoms with van der Waals surface area (Å²) < 4.78 is 120. The fraction of sp³-hybridized carbons (Fsp3) is 0.0847. The first-order valence-corrected chi connectivity index (χ1v) is 26.5. The molecule has 2 nitrogen and oxygen atoms in total. The van der Waals surface area contributed by atoms with Crippen molar-refractivity contribution in [3.63, 3.8) is 0 Å². The Kier molecular flexibility index (Phi) is 35.8. The molecule has 0 aliphatic rings. The van der Waals surface area contributed by atoms with Gasteiger partial charge in [-0.3, -0.25) is 17.6 Å². The van der Waals surface area contributed by atoms with E-state index in [-0.39, 0.29) is 93.9 Å². The maximum Gasteiger partial charge on any atom is 2.00 e. The van der Waals surface area contributed by atoms with Crippen LogP contribution in [0.5, 0.6) is 0 Å². The van der Waals surface area contributed by atoms with Gasteiger partial charge < -0.3 is 10.2 Å². The van der Waals surface area contributed by atoms with E-state index in [2.05, 4.69) is 212 Å². The number of hydrogen-bond acceptors (Lipinski definition) is 2. The van der Waals surface area contributed by atoms with Crippen LogP contribution in [0.3, 0.4) is 0 Å². The Morgan fingerprint density at radius 2 is 0.532 bits per heavy atom. The summed E-state index contributed by atoms with van der Waals surface area (Å²) in [5.74, 6) is -20.1. The van der Waals surface area contributed by atoms with E-state index in [1.54, 1.807) is 13.8 Å². The number of halogens is 10. The Labute approximate surface area is 492 Å². The van der Waals surface area contributed by atoms with Crippen LogP contribution in [-0.4, -0.2) is 22.4 Å². The van der Waals surface area contributed by atoms with E-state index in [1.165, 1.54) is 37.1 Å². The molecule has 2 atom stereocenters. The molecular formula is C59H52AgF10O2P3Pt2+3. The van der Waals surface area contributed by atoms with E-state index in [9.17, 15) is 43.9 Å². The predicted octanol–water partition coefficient (Wildman–Crippen LogP) is 11.8. The summed E-state index contributed by atoms with van der Waals surface area (Å²) in [5, 5.41) is 27.2. The van der Waals surface area contributed by atoms with Gasteiger partial charge in [0.25, 0.3) is 0 Å². The molecule has 2 unspecified atom stereocenters. The Morgan fingerprint density at radius 1 is 0.351 bits per heavy atom. The van der Waals surface area contributed by atoms with Crippen molar-refractivity contribution in [1.29, 1.82) is 0 Å². The van der Waals surface area contributed by atoms with Crippen molar-refractivity contribution in [3.05, 3.63) is 283 Å². The molecule has 77 heavy (non-hydrogen) atoms. The molecule has 2 N–H and O–H groups in total. The molecule has 9 aromatic rings. The summed E-state index contributed by atoms with van der Waals surface area (Å²) in [6.07, 6.45) is -0.278.